The summed E-state index contributed by atoms with van der Waals surface area (Å²) in [5, 5.41) is 8.46. The van der Waals surface area contributed by atoms with E-state index in [2.05, 4.69) is 27.0 Å². The van der Waals surface area contributed by atoms with E-state index in [-0.39, 0.29) is 0 Å². The summed E-state index contributed by atoms with van der Waals surface area (Å²) in [5.74, 6) is 0.806. The molecule has 0 aromatic carbocycles. The smallest absolute Gasteiger partial charge is 0.226 e. The van der Waals surface area contributed by atoms with Crippen LogP contribution in [0.2, 0.25) is 0 Å². The van der Waals surface area contributed by atoms with Crippen LogP contribution in [0.4, 0.5) is 5.95 Å². The number of anilines is 1. The predicted molar refractivity (Wildman–Crippen MR) is 80.1 cm³/mol. The zero-order valence-corrected chi connectivity index (χ0v) is 11.8. The van der Waals surface area contributed by atoms with Gasteiger partial charge in [0.1, 0.15) is 0 Å². The first kappa shape index (κ1) is 12.3. The van der Waals surface area contributed by atoms with E-state index in [4.69, 9.17) is 4.98 Å². The monoisotopic (exact) mass is 280 g/mol. The van der Waals surface area contributed by atoms with E-state index in [1.807, 2.05) is 30.6 Å². The summed E-state index contributed by atoms with van der Waals surface area (Å²) >= 11 is 0. The van der Waals surface area contributed by atoms with E-state index in [1.165, 1.54) is 12.8 Å². The van der Waals surface area contributed by atoms with Crippen LogP contribution in [0.15, 0.2) is 36.8 Å². The Morgan fingerprint density at radius 1 is 1.19 bits per heavy atom. The summed E-state index contributed by atoms with van der Waals surface area (Å²) in [7, 11) is 0. The molecule has 3 aromatic rings. The molecule has 1 atom stereocenters. The van der Waals surface area contributed by atoms with Gasteiger partial charge in [-0.3, -0.25) is 0 Å². The third-order valence-corrected chi connectivity index (χ3v) is 4.03. The van der Waals surface area contributed by atoms with Gasteiger partial charge in [0.2, 0.25) is 5.95 Å². The van der Waals surface area contributed by atoms with Crippen molar-refractivity contribution < 1.29 is 0 Å². The van der Waals surface area contributed by atoms with Crippen molar-refractivity contribution in [1.29, 1.82) is 0 Å². The Balaban J connectivity index is 1.79. The maximum absolute atomic E-state index is 4.73. The molecule has 1 saturated heterocycles. The van der Waals surface area contributed by atoms with Crippen LogP contribution in [-0.4, -0.2) is 37.4 Å². The summed E-state index contributed by atoms with van der Waals surface area (Å²) in [5.41, 5.74) is 2.83. The minimum absolute atomic E-state index is 0.505. The number of nitrogens with zero attached hydrogens (tertiary/aromatic N) is 6. The summed E-state index contributed by atoms with van der Waals surface area (Å²) in [6.45, 7) is 3.25. The van der Waals surface area contributed by atoms with Crippen molar-refractivity contribution in [2.75, 3.05) is 11.4 Å². The molecule has 0 bridgehead atoms. The molecular weight excluding hydrogens is 264 g/mol. The van der Waals surface area contributed by atoms with Crippen LogP contribution in [0, 0.1) is 0 Å². The van der Waals surface area contributed by atoms with Crippen LogP contribution in [0.5, 0.6) is 0 Å². The van der Waals surface area contributed by atoms with E-state index in [0.29, 0.717) is 6.04 Å². The number of hydrogen-bond donors (Lipinski definition) is 0. The van der Waals surface area contributed by atoms with Crippen LogP contribution in [0.1, 0.15) is 19.8 Å². The number of aromatic nitrogens is 5. The van der Waals surface area contributed by atoms with Crippen LogP contribution in [-0.2, 0) is 0 Å². The van der Waals surface area contributed by atoms with Gasteiger partial charge in [-0.05, 0) is 38.0 Å². The quantitative estimate of drug-likeness (QED) is 0.720. The lowest BCUT2D eigenvalue weighted by Crippen LogP contribution is -2.28. The SMILES string of the molecule is CC1CCCN1c1nccc(-c2cnn3ncccc23)n1. The molecule has 4 heterocycles. The Morgan fingerprint density at radius 2 is 2.14 bits per heavy atom. The summed E-state index contributed by atoms with van der Waals surface area (Å²) in [6.07, 6.45) is 7.76. The van der Waals surface area contributed by atoms with Gasteiger partial charge in [-0.2, -0.15) is 14.8 Å². The number of rotatable bonds is 2. The van der Waals surface area contributed by atoms with Crippen LogP contribution < -0.4 is 4.90 Å². The molecule has 0 spiro atoms. The van der Waals surface area contributed by atoms with Crippen molar-refractivity contribution in [1.82, 2.24) is 24.8 Å². The molecule has 0 N–H and O–H groups in total. The first-order valence-electron chi connectivity index (χ1n) is 7.22. The minimum atomic E-state index is 0.505. The summed E-state index contributed by atoms with van der Waals surface area (Å²) in [4.78, 5) is 11.4. The van der Waals surface area contributed by atoms with Gasteiger partial charge in [-0.15, -0.1) is 0 Å². The Kier molecular flexibility index (Phi) is 2.80. The highest BCUT2D eigenvalue weighted by atomic mass is 15.4. The fourth-order valence-corrected chi connectivity index (χ4v) is 2.90. The average Bonchev–Trinajstić information content (AvgIpc) is 3.13. The first-order valence-corrected chi connectivity index (χ1v) is 7.22. The molecule has 106 valence electrons. The molecule has 0 radical (unpaired) electrons. The third kappa shape index (κ3) is 2.03. The molecule has 21 heavy (non-hydrogen) atoms. The van der Waals surface area contributed by atoms with Gasteiger partial charge in [0.25, 0.3) is 0 Å². The minimum Gasteiger partial charge on any atom is -0.338 e. The fourth-order valence-electron chi connectivity index (χ4n) is 2.90. The molecular formula is C15H16N6. The highest BCUT2D eigenvalue weighted by Gasteiger charge is 2.23. The predicted octanol–water partition coefficient (Wildman–Crippen LogP) is 2.17. The van der Waals surface area contributed by atoms with E-state index in [0.717, 1.165) is 29.3 Å². The molecule has 6 nitrogen and oxygen atoms in total. The van der Waals surface area contributed by atoms with E-state index in [1.54, 1.807) is 10.8 Å². The van der Waals surface area contributed by atoms with E-state index in [9.17, 15) is 0 Å². The van der Waals surface area contributed by atoms with Crippen molar-refractivity contribution in [2.24, 2.45) is 0 Å². The lowest BCUT2D eigenvalue weighted by atomic mass is 10.2. The lowest BCUT2D eigenvalue weighted by Gasteiger charge is -2.21. The maximum Gasteiger partial charge on any atom is 0.226 e. The topological polar surface area (TPSA) is 59.2 Å². The Hall–Kier alpha value is -2.50. The van der Waals surface area contributed by atoms with Crippen LogP contribution >= 0.6 is 0 Å². The van der Waals surface area contributed by atoms with Crippen molar-refractivity contribution in [3.8, 4) is 11.3 Å². The molecule has 1 unspecified atom stereocenters. The normalized spacial score (nSPS) is 18.5. The fraction of sp³-hybridized carbons (Fsp3) is 0.333. The summed E-state index contributed by atoms with van der Waals surface area (Å²) < 4.78 is 1.62. The Bertz CT molecular complexity index is 780. The van der Waals surface area contributed by atoms with Gasteiger partial charge < -0.3 is 4.90 Å². The van der Waals surface area contributed by atoms with Gasteiger partial charge in [-0.25, -0.2) is 9.97 Å². The lowest BCUT2D eigenvalue weighted by molar-refractivity contribution is 0.717. The molecule has 1 fully saturated rings. The third-order valence-electron chi connectivity index (χ3n) is 4.03. The number of fused-ring (bicyclic) bond motifs is 1. The van der Waals surface area contributed by atoms with Gasteiger partial charge in [0.05, 0.1) is 17.4 Å². The van der Waals surface area contributed by atoms with E-state index < -0.39 is 0 Å². The molecule has 6 heteroatoms. The standard InChI is InChI=1S/C15H16N6/c1-11-4-3-9-20(11)15-16-8-6-13(19-15)12-10-18-21-14(12)5-2-7-17-21/h2,5-8,10-11H,3-4,9H2,1H3. The molecule has 3 aromatic heterocycles. The molecule has 4 rings (SSSR count). The van der Waals surface area contributed by atoms with Crippen molar-refractivity contribution in [3.05, 3.63) is 36.8 Å². The van der Waals surface area contributed by atoms with Gasteiger partial charge in [0, 0.05) is 30.5 Å². The Labute approximate surface area is 122 Å². The molecule has 1 aliphatic heterocycles. The molecule has 0 saturated carbocycles. The Morgan fingerprint density at radius 3 is 3.00 bits per heavy atom. The highest BCUT2D eigenvalue weighted by Crippen LogP contribution is 2.26. The van der Waals surface area contributed by atoms with Crippen molar-refractivity contribution >= 4 is 11.5 Å². The summed E-state index contributed by atoms with van der Waals surface area (Å²) in [6, 6.07) is 6.33. The average molecular weight is 280 g/mol. The van der Waals surface area contributed by atoms with Gasteiger partial charge in [0.15, 0.2) is 0 Å². The zero-order chi connectivity index (χ0) is 14.2. The second-order valence-electron chi connectivity index (χ2n) is 5.38. The maximum atomic E-state index is 4.73. The molecule has 0 aliphatic carbocycles. The molecule has 1 aliphatic rings. The first-order chi connectivity index (χ1) is 10.3. The highest BCUT2D eigenvalue weighted by molar-refractivity contribution is 5.77. The van der Waals surface area contributed by atoms with E-state index >= 15 is 0 Å². The van der Waals surface area contributed by atoms with Gasteiger partial charge >= 0.3 is 0 Å². The van der Waals surface area contributed by atoms with Crippen LogP contribution in [0.3, 0.4) is 0 Å². The molecule has 0 amide bonds. The number of hydrogen-bond acceptors (Lipinski definition) is 5. The second-order valence-corrected chi connectivity index (χ2v) is 5.38. The van der Waals surface area contributed by atoms with Crippen LogP contribution in [0.25, 0.3) is 16.8 Å². The van der Waals surface area contributed by atoms with Crippen molar-refractivity contribution in [3.63, 3.8) is 0 Å². The second kappa shape index (κ2) is 4.80. The largest absolute Gasteiger partial charge is 0.338 e. The van der Waals surface area contributed by atoms with Gasteiger partial charge in [-0.1, -0.05) is 0 Å². The zero-order valence-electron chi connectivity index (χ0n) is 11.8. The van der Waals surface area contributed by atoms with Crippen molar-refractivity contribution in [2.45, 2.75) is 25.8 Å².